The van der Waals surface area contributed by atoms with Gasteiger partial charge in [0.25, 0.3) is 0 Å². The molecule has 1 nitrogen and oxygen atoms in total. The van der Waals surface area contributed by atoms with Crippen LogP contribution in [0.15, 0.2) is 28.1 Å². The van der Waals surface area contributed by atoms with Gasteiger partial charge in [0.15, 0.2) is 0 Å². The first-order valence-corrected chi connectivity index (χ1v) is 7.64. The summed E-state index contributed by atoms with van der Waals surface area (Å²) in [6.07, 6.45) is 1.06. The van der Waals surface area contributed by atoms with Crippen LogP contribution in [0.5, 0.6) is 0 Å². The molecule has 0 saturated heterocycles. The monoisotopic (exact) mass is 315 g/mol. The van der Waals surface area contributed by atoms with E-state index >= 15 is 0 Å². The number of hydrogen-bond acceptors (Lipinski definition) is 3. The molecule has 0 radical (unpaired) electrons. The molecule has 4 heteroatoms. The van der Waals surface area contributed by atoms with Gasteiger partial charge in [-0.1, -0.05) is 0 Å². The number of likely N-dealkylation sites (N-methyl/N-ethyl adjacent to an activating group) is 1. The van der Waals surface area contributed by atoms with Gasteiger partial charge in [0.2, 0.25) is 0 Å². The van der Waals surface area contributed by atoms with Crippen molar-refractivity contribution in [3.63, 3.8) is 0 Å². The van der Waals surface area contributed by atoms with E-state index in [0.29, 0.717) is 6.04 Å². The van der Waals surface area contributed by atoms with E-state index in [1.165, 1.54) is 19.1 Å². The Morgan fingerprint density at radius 2 is 2.25 bits per heavy atom. The highest BCUT2D eigenvalue weighted by molar-refractivity contribution is 9.10. The molecule has 1 atom stereocenters. The van der Waals surface area contributed by atoms with Crippen molar-refractivity contribution in [1.29, 1.82) is 0 Å². The Morgan fingerprint density at radius 1 is 1.44 bits per heavy atom. The van der Waals surface area contributed by atoms with Crippen LogP contribution in [0.1, 0.15) is 20.7 Å². The van der Waals surface area contributed by atoms with Crippen LogP contribution in [0.2, 0.25) is 0 Å². The molecule has 86 valence electrons. The molecule has 0 saturated carbocycles. The zero-order chi connectivity index (χ0) is 11.5. The van der Waals surface area contributed by atoms with E-state index in [1.807, 2.05) is 29.7 Å². The van der Waals surface area contributed by atoms with Gasteiger partial charge in [-0.2, -0.15) is 0 Å². The van der Waals surface area contributed by atoms with Crippen LogP contribution in [0.25, 0.3) is 0 Å². The standard InChI is InChI=1S/C12H14BrNS2/c1-8-3-4-12(16-8)11(14-2)6-10-5-9(13)7-15-10/h3-5,7,11,14H,6H2,1-2H3. The lowest BCUT2D eigenvalue weighted by Gasteiger charge is -2.13. The van der Waals surface area contributed by atoms with Crippen molar-refractivity contribution in [3.05, 3.63) is 42.7 Å². The smallest absolute Gasteiger partial charge is 0.0461 e. The Morgan fingerprint density at radius 3 is 2.75 bits per heavy atom. The number of thiophene rings is 2. The molecule has 0 fully saturated rings. The van der Waals surface area contributed by atoms with Gasteiger partial charge < -0.3 is 5.32 Å². The van der Waals surface area contributed by atoms with Gasteiger partial charge in [-0.15, -0.1) is 22.7 Å². The fourth-order valence-electron chi connectivity index (χ4n) is 1.65. The van der Waals surface area contributed by atoms with Gasteiger partial charge in [-0.05, 0) is 48.1 Å². The van der Waals surface area contributed by atoms with Crippen LogP contribution in [0.3, 0.4) is 0 Å². The summed E-state index contributed by atoms with van der Waals surface area (Å²) in [5.41, 5.74) is 0. The second-order valence-corrected chi connectivity index (χ2v) is 6.96. The molecule has 0 bridgehead atoms. The number of halogens is 1. The highest BCUT2D eigenvalue weighted by atomic mass is 79.9. The molecule has 0 aliphatic rings. The first-order valence-electron chi connectivity index (χ1n) is 5.15. The van der Waals surface area contributed by atoms with Crippen LogP contribution in [0.4, 0.5) is 0 Å². The predicted octanol–water partition coefficient (Wildman–Crippen LogP) is 4.38. The normalized spacial score (nSPS) is 12.9. The maximum absolute atomic E-state index is 3.50. The summed E-state index contributed by atoms with van der Waals surface area (Å²) in [6, 6.07) is 7.05. The molecule has 2 heterocycles. The van der Waals surface area contributed by atoms with E-state index in [1.54, 1.807) is 0 Å². The SMILES string of the molecule is CNC(Cc1cc(Br)cs1)c1ccc(C)s1. The number of rotatable bonds is 4. The lowest BCUT2D eigenvalue weighted by Crippen LogP contribution is -2.17. The van der Waals surface area contributed by atoms with Crippen molar-refractivity contribution in [1.82, 2.24) is 5.32 Å². The molecule has 0 amide bonds. The molecular formula is C12H14BrNS2. The molecule has 2 rings (SSSR count). The van der Waals surface area contributed by atoms with Gasteiger partial charge in [-0.25, -0.2) is 0 Å². The maximum Gasteiger partial charge on any atom is 0.0461 e. The van der Waals surface area contributed by atoms with Crippen molar-refractivity contribution in [2.45, 2.75) is 19.4 Å². The Labute approximate surface area is 113 Å². The number of nitrogens with one attached hydrogen (secondary N) is 1. The highest BCUT2D eigenvalue weighted by Crippen LogP contribution is 2.28. The molecule has 0 aromatic carbocycles. The van der Waals surface area contributed by atoms with E-state index in [-0.39, 0.29) is 0 Å². The zero-order valence-corrected chi connectivity index (χ0v) is 12.5. The minimum absolute atomic E-state index is 0.434. The van der Waals surface area contributed by atoms with Gasteiger partial charge in [0.1, 0.15) is 0 Å². The second kappa shape index (κ2) is 5.45. The summed E-state index contributed by atoms with van der Waals surface area (Å²) in [6.45, 7) is 2.16. The third kappa shape index (κ3) is 2.94. The molecule has 1 N–H and O–H groups in total. The third-order valence-corrected chi connectivity index (χ3v) is 5.31. The van der Waals surface area contributed by atoms with Crippen molar-refractivity contribution >= 4 is 38.6 Å². The number of aryl methyl sites for hydroxylation is 1. The summed E-state index contributed by atoms with van der Waals surface area (Å²) in [4.78, 5) is 4.21. The van der Waals surface area contributed by atoms with Crippen molar-refractivity contribution in [3.8, 4) is 0 Å². The molecule has 0 aliphatic heterocycles. The molecule has 16 heavy (non-hydrogen) atoms. The fourth-order valence-corrected chi connectivity index (χ4v) is 4.13. The van der Waals surface area contributed by atoms with Crippen LogP contribution < -0.4 is 5.32 Å². The molecular weight excluding hydrogens is 302 g/mol. The Bertz CT molecular complexity index is 461. The van der Waals surface area contributed by atoms with Gasteiger partial charge in [0.05, 0.1) is 0 Å². The molecule has 1 unspecified atom stereocenters. The van der Waals surface area contributed by atoms with E-state index in [9.17, 15) is 0 Å². The van der Waals surface area contributed by atoms with Crippen LogP contribution in [0, 0.1) is 6.92 Å². The average molecular weight is 316 g/mol. The molecule has 0 spiro atoms. The lowest BCUT2D eigenvalue weighted by atomic mass is 10.1. The minimum atomic E-state index is 0.434. The van der Waals surface area contributed by atoms with E-state index in [2.05, 4.69) is 51.7 Å². The summed E-state index contributed by atoms with van der Waals surface area (Å²) < 4.78 is 1.18. The van der Waals surface area contributed by atoms with E-state index < -0.39 is 0 Å². The van der Waals surface area contributed by atoms with E-state index in [0.717, 1.165) is 6.42 Å². The van der Waals surface area contributed by atoms with Crippen molar-refractivity contribution in [2.24, 2.45) is 0 Å². The largest absolute Gasteiger partial charge is 0.312 e. The van der Waals surface area contributed by atoms with Crippen LogP contribution in [-0.4, -0.2) is 7.05 Å². The first kappa shape index (κ1) is 12.3. The summed E-state index contributed by atoms with van der Waals surface area (Å²) in [5.74, 6) is 0. The zero-order valence-electron chi connectivity index (χ0n) is 9.29. The van der Waals surface area contributed by atoms with Crippen LogP contribution >= 0.6 is 38.6 Å². The minimum Gasteiger partial charge on any atom is -0.312 e. The predicted molar refractivity (Wildman–Crippen MR) is 76.6 cm³/mol. The maximum atomic E-state index is 3.50. The molecule has 2 aromatic heterocycles. The van der Waals surface area contributed by atoms with Gasteiger partial charge in [-0.3, -0.25) is 0 Å². The topological polar surface area (TPSA) is 12.0 Å². The van der Waals surface area contributed by atoms with E-state index in [4.69, 9.17) is 0 Å². The summed E-state index contributed by atoms with van der Waals surface area (Å²) >= 11 is 7.19. The van der Waals surface area contributed by atoms with Crippen molar-refractivity contribution < 1.29 is 0 Å². The molecule has 0 aliphatic carbocycles. The third-order valence-electron chi connectivity index (χ3n) is 2.48. The molecule has 2 aromatic rings. The average Bonchev–Trinajstić information content (AvgIpc) is 2.84. The Hall–Kier alpha value is -0.160. The first-order chi connectivity index (χ1) is 7.69. The number of hydrogen-bond donors (Lipinski definition) is 1. The summed E-state index contributed by atoms with van der Waals surface area (Å²) in [5, 5.41) is 5.53. The quantitative estimate of drug-likeness (QED) is 0.882. The highest BCUT2D eigenvalue weighted by Gasteiger charge is 2.12. The second-order valence-electron chi connectivity index (χ2n) is 3.73. The van der Waals surface area contributed by atoms with Gasteiger partial charge >= 0.3 is 0 Å². The lowest BCUT2D eigenvalue weighted by molar-refractivity contribution is 0.607. The Kier molecular flexibility index (Phi) is 4.19. The Balaban J connectivity index is 2.12. The summed E-state index contributed by atoms with van der Waals surface area (Å²) in [7, 11) is 2.03. The fraction of sp³-hybridized carbons (Fsp3) is 0.333. The van der Waals surface area contributed by atoms with Crippen LogP contribution in [-0.2, 0) is 6.42 Å². The van der Waals surface area contributed by atoms with Crippen molar-refractivity contribution in [2.75, 3.05) is 7.05 Å². The van der Waals surface area contributed by atoms with Gasteiger partial charge in [0, 0.05) is 36.9 Å².